The highest BCUT2D eigenvalue weighted by Gasteiger charge is 2.17. The number of hydrazone groups is 1. The number of halogens is 3. The molecule has 0 saturated heterocycles. The quantitative estimate of drug-likeness (QED) is 0.198. The normalized spacial score (nSPS) is 11.1. The molecule has 0 atom stereocenters. The van der Waals surface area contributed by atoms with Gasteiger partial charge in [0.25, 0.3) is 5.91 Å². The zero-order valence-electron chi connectivity index (χ0n) is 16.8. The van der Waals surface area contributed by atoms with Crippen LogP contribution in [0.2, 0.25) is 15.1 Å². The van der Waals surface area contributed by atoms with Gasteiger partial charge in [-0.2, -0.15) is 5.10 Å². The highest BCUT2D eigenvalue weighted by atomic mass is 35.5. The summed E-state index contributed by atoms with van der Waals surface area (Å²) in [6, 6.07) is 16.1. The van der Waals surface area contributed by atoms with Crippen molar-refractivity contribution in [3.05, 3.63) is 87.6 Å². The van der Waals surface area contributed by atoms with Crippen molar-refractivity contribution in [2.75, 3.05) is 5.75 Å². The zero-order valence-corrected chi connectivity index (χ0v) is 19.9. The Morgan fingerprint density at radius 3 is 2.55 bits per heavy atom. The van der Waals surface area contributed by atoms with E-state index in [0.29, 0.717) is 31.6 Å². The van der Waals surface area contributed by atoms with E-state index in [0.717, 1.165) is 11.3 Å². The fourth-order valence-electron chi connectivity index (χ4n) is 2.83. The van der Waals surface area contributed by atoms with Gasteiger partial charge >= 0.3 is 0 Å². The summed E-state index contributed by atoms with van der Waals surface area (Å²) in [4.78, 5) is 16.4. The molecule has 2 aromatic heterocycles. The molecule has 166 valence electrons. The van der Waals surface area contributed by atoms with E-state index in [4.69, 9.17) is 34.8 Å². The summed E-state index contributed by atoms with van der Waals surface area (Å²) in [5, 5.41) is 14.5. The van der Waals surface area contributed by atoms with Gasteiger partial charge < -0.3 is 0 Å². The fraction of sp³-hybridized carbons (Fsp3) is 0.0455. The predicted octanol–water partition coefficient (Wildman–Crippen LogP) is 5.53. The maximum absolute atomic E-state index is 12.3. The first-order valence-corrected chi connectivity index (χ1v) is 11.7. The molecule has 0 unspecified atom stereocenters. The van der Waals surface area contributed by atoms with E-state index in [1.165, 1.54) is 18.0 Å². The summed E-state index contributed by atoms with van der Waals surface area (Å²) in [7, 11) is 0. The lowest BCUT2D eigenvalue weighted by Crippen LogP contribution is -2.20. The second kappa shape index (κ2) is 10.8. The van der Waals surface area contributed by atoms with Gasteiger partial charge in [0.1, 0.15) is 0 Å². The largest absolute Gasteiger partial charge is 0.272 e. The average molecular weight is 518 g/mol. The molecular formula is C22H15Cl3N6OS. The highest BCUT2D eigenvalue weighted by Crippen LogP contribution is 2.28. The lowest BCUT2D eigenvalue weighted by molar-refractivity contribution is -0.118. The topological polar surface area (TPSA) is 85.1 Å². The third kappa shape index (κ3) is 5.72. The molecule has 0 spiro atoms. The van der Waals surface area contributed by atoms with E-state index in [1.54, 1.807) is 42.7 Å². The van der Waals surface area contributed by atoms with Crippen molar-refractivity contribution in [2.45, 2.75) is 5.16 Å². The number of benzene rings is 2. The molecule has 0 aliphatic heterocycles. The Balaban J connectivity index is 1.50. The van der Waals surface area contributed by atoms with Crippen LogP contribution in [0.3, 0.4) is 0 Å². The number of rotatable bonds is 7. The van der Waals surface area contributed by atoms with Crippen LogP contribution in [-0.4, -0.2) is 37.6 Å². The number of nitrogens with one attached hydrogen (secondary N) is 1. The van der Waals surface area contributed by atoms with Crippen LogP contribution in [0.5, 0.6) is 0 Å². The molecule has 4 aromatic rings. The second-order valence-electron chi connectivity index (χ2n) is 6.58. The lowest BCUT2D eigenvalue weighted by atomic mass is 10.2. The molecule has 0 aliphatic carbocycles. The zero-order chi connectivity index (χ0) is 23.2. The van der Waals surface area contributed by atoms with Gasteiger partial charge in [-0.3, -0.25) is 14.3 Å². The summed E-state index contributed by atoms with van der Waals surface area (Å²) in [6.07, 6.45) is 4.80. The van der Waals surface area contributed by atoms with Gasteiger partial charge in [0.15, 0.2) is 11.0 Å². The number of carbonyl (C=O) groups excluding carboxylic acids is 1. The SMILES string of the molecule is O=C(CSc1nnc(-c2ccncc2)n1-c1ccc(Cl)cc1)N/N=C/c1cccc(Cl)c1Cl. The maximum Gasteiger partial charge on any atom is 0.250 e. The average Bonchev–Trinajstić information content (AvgIpc) is 3.25. The van der Waals surface area contributed by atoms with Crippen molar-refractivity contribution < 1.29 is 4.79 Å². The lowest BCUT2D eigenvalue weighted by Gasteiger charge is -2.10. The van der Waals surface area contributed by atoms with Gasteiger partial charge in [-0.15, -0.1) is 10.2 Å². The van der Waals surface area contributed by atoms with Crippen molar-refractivity contribution in [2.24, 2.45) is 5.10 Å². The standard InChI is InChI=1S/C22H15Cl3N6OS/c23-16-4-6-17(7-5-16)31-21(14-8-10-26-11-9-14)29-30-22(31)33-13-19(32)28-27-12-15-2-1-3-18(24)20(15)25/h1-12H,13H2,(H,28,32)/b27-12+. The van der Waals surface area contributed by atoms with E-state index < -0.39 is 0 Å². The first-order chi connectivity index (χ1) is 16.0. The molecule has 11 heteroatoms. The van der Waals surface area contributed by atoms with E-state index in [-0.39, 0.29) is 11.7 Å². The molecule has 0 saturated carbocycles. The molecule has 7 nitrogen and oxygen atoms in total. The molecule has 0 bridgehead atoms. The predicted molar refractivity (Wildman–Crippen MR) is 133 cm³/mol. The minimum Gasteiger partial charge on any atom is -0.272 e. The summed E-state index contributed by atoms with van der Waals surface area (Å²) in [5.41, 5.74) is 4.73. The van der Waals surface area contributed by atoms with Crippen LogP contribution in [0.25, 0.3) is 17.1 Å². The Bertz CT molecular complexity index is 1300. The molecule has 0 fully saturated rings. The van der Waals surface area contributed by atoms with Gasteiger partial charge in [0.05, 0.1) is 22.0 Å². The van der Waals surface area contributed by atoms with E-state index in [2.05, 4.69) is 25.7 Å². The minimum absolute atomic E-state index is 0.0721. The molecule has 1 amide bonds. The monoisotopic (exact) mass is 516 g/mol. The molecule has 2 aromatic carbocycles. The van der Waals surface area contributed by atoms with E-state index in [1.807, 2.05) is 28.8 Å². The molecule has 1 N–H and O–H groups in total. The van der Waals surface area contributed by atoms with Crippen molar-refractivity contribution >= 4 is 58.7 Å². The van der Waals surface area contributed by atoms with Crippen molar-refractivity contribution in [1.29, 1.82) is 0 Å². The molecular weight excluding hydrogens is 503 g/mol. The van der Waals surface area contributed by atoms with Crippen LogP contribution in [0.4, 0.5) is 0 Å². The Morgan fingerprint density at radius 1 is 1.03 bits per heavy atom. The Morgan fingerprint density at radius 2 is 1.79 bits per heavy atom. The van der Waals surface area contributed by atoms with Crippen molar-refractivity contribution in [1.82, 2.24) is 25.2 Å². The first-order valence-electron chi connectivity index (χ1n) is 9.53. The summed E-state index contributed by atoms with van der Waals surface area (Å²) >= 11 is 19.4. The van der Waals surface area contributed by atoms with Crippen LogP contribution < -0.4 is 5.43 Å². The Labute approximate surface area is 208 Å². The van der Waals surface area contributed by atoms with Gasteiger partial charge in [0.2, 0.25) is 0 Å². The number of hydrogen-bond donors (Lipinski definition) is 1. The number of carbonyl (C=O) groups is 1. The van der Waals surface area contributed by atoms with Crippen LogP contribution in [0, 0.1) is 0 Å². The maximum atomic E-state index is 12.3. The molecule has 33 heavy (non-hydrogen) atoms. The third-order valence-electron chi connectivity index (χ3n) is 4.36. The molecule has 2 heterocycles. The van der Waals surface area contributed by atoms with Crippen LogP contribution in [0.15, 0.2) is 77.2 Å². The smallest absolute Gasteiger partial charge is 0.250 e. The van der Waals surface area contributed by atoms with E-state index >= 15 is 0 Å². The van der Waals surface area contributed by atoms with Crippen LogP contribution in [0.1, 0.15) is 5.56 Å². The first kappa shape index (κ1) is 23.3. The number of nitrogens with zero attached hydrogens (tertiary/aromatic N) is 5. The van der Waals surface area contributed by atoms with Crippen molar-refractivity contribution in [3.8, 4) is 17.1 Å². The van der Waals surface area contributed by atoms with Gasteiger partial charge in [-0.05, 0) is 42.5 Å². The summed E-state index contributed by atoms with van der Waals surface area (Å²) in [5.74, 6) is 0.379. The van der Waals surface area contributed by atoms with Gasteiger partial charge in [-0.25, -0.2) is 5.43 Å². The Hall–Kier alpha value is -2.91. The molecule has 0 radical (unpaired) electrons. The molecule has 0 aliphatic rings. The number of pyridine rings is 1. The Kier molecular flexibility index (Phi) is 7.61. The highest BCUT2D eigenvalue weighted by molar-refractivity contribution is 7.99. The minimum atomic E-state index is -0.314. The number of aromatic nitrogens is 4. The van der Waals surface area contributed by atoms with Gasteiger partial charge in [-0.1, -0.05) is 58.7 Å². The molecule has 4 rings (SSSR count). The van der Waals surface area contributed by atoms with Gasteiger partial charge in [0, 0.05) is 34.2 Å². The number of thioether (sulfide) groups is 1. The summed E-state index contributed by atoms with van der Waals surface area (Å²) in [6.45, 7) is 0. The fourth-order valence-corrected chi connectivity index (χ4v) is 4.06. The van der Waals surface area contributed by atoms with Crippen LogP contribution in [-0.2, 0) is 4.79 Å². The number of amides is 1. The van der Waals surface area contributed by atoms with Crippen molar-refractivity contribution in [3.63, 3.8) is 0 Å². The second-order valence-corrected chi connectivity index (χ2v) is 8.74. The van der Waals surface area contributed by atoms with Crippen LogP contribution >= 0.6 is 46.6 Å². The number of hydrogen-bond acceptors (Lipinski definition) is 6. The third-order valence-corrected chi connectivity index (χ3v) is 6.38. The summed E-state index contributed by atoms with van der Waals surface area (Å²) < 4.78 is 1.86. The van der Waals surface area contributed by atoms with E-state index in [9.17, 15) is 4.79 Å².